The van der Waals surface area contributed by atoms with E-state index in [1.54, 1.807) is 0 Å². The van der Waals surface area contributed by atoms with Gasteiger partial charge in [0.2, 0.25) is 0 Å². The van der Waals surface area contributed by atoms with Crippen molar-refractivity contribution in [2.45, 2.75) is 58.3 Å². The molecule has 0 aliphatic heterocycles. The number of ether oxygens (including phenoxy) is 1. The minimum absolute atomic E-state index is 0.0894. The summed E-state index contributed by atoms with van der Waals surface area (Å²) in [5, 5.41) is 0. The smallest absolute Gasteiger partial charge is 0.305 e. The quantitative estimate of drug-likeness (QED) is 0.329. The maximum Gasteiger partial charge on any atom is 0.305 e. The Morgan fingerprint density at radius 3 is 2.33 bits per heavy atom. The first-order valence-corrected chi connectivity index (χ1v) is 6.03. The Balaban J connectivity index is 3.11. The predicted molar refractivity (Wildman–Crippen MR) is 63.8 cm³/mol. The first kappa shape index (κ1) is 14.2. The predicted octanol–water partition coefficient (Wildman–Crippen LogP) is 3.86. The standard InChI is InChI=1S/C13H24O2/c1-3-4-5-6-7-8-9-10-11-12-13(14)15-2/h6-7H,3-5,8-12H2,1-2H3/b7-6-. The Kier molecular flexibility index (Phi) is 10.7. The average molecular weight is 212 g/mol. The van der Waals surface area contributed by atoms with Gasteiger partial charge in [0.05, 0.1) is 7.11 Å². The Hall–Kier alpha value is -0.790. The molecule has 0 spiro atoms. The molecule has 0 unspecified atom stereocenters. The van der Waals surface area contributed by atoms with Gasteiger partial charge in [-0.25, -0.2) is 0 Å². The van der Waals surface area contributed by atoms with E-state index in [1.807, 2.05) is 0 Å². The van der Waals surface area contributed by atoms with Crippen LogP contribution in [-0.2, 0) is 9.53 Å². The molecule has 2 nitrogen and oxygen atoms in total. The summed E-state index contributed by atoms with van der Waals surface area (Å²) >= 11 is 0. The van der Waals surface area contributed by atoms with Gasteiger partial charge < -0.3 is 4.74 Å². The van der Waals surface area contributed by atoms with Gasteiger partial charge in [0.1, 0.15) is 0 Å². The highest BCUT2D eigenvalue weighted by Crippen LogP contribution is 2.05. The van der Waals surface area contributed by atoms with Gasteiger partial charge in [-0.1, -0.05) is 38.3 Å². The largest absolute Gasteiger partial charge is 0.469 e. The third-order valence-corrected chi connectivity index (χ3v) is 2.37. The monoisotopic (exact) mass is 212 g/mol. The first-order chi connectivity index (χ1) is 7.31. The van der Waals surface area contributed by atoms with E-state index in [1.165, 1.54) is 32.8 Å². The minimum atomic E-state index is -0.0894. The van der Waals surface area contributed by atoms with E-state index in [4.69, 9.17) is 0 Å². The zero-order chi connectivity index (χ0) is 11.4. The lowest BCUT2D eigenvalue weighted by Crippen LogP contribution is -1.98. The second-order valence-electron chi connectivity index (χ2n) is 3.79. The molecule has 0 amide bonds. The second-order valence-corrected chi connectivity index (χ2v) is 3.79. The molecule has 0 radical (unpaired) electrons. The molecule has 0 atom stereocenters. The van der Waals surface area contributed by atoms with Crippen LogP contribution in [0.4, 0.5) is 0 Å². The molecule has 0 saturated carbocycles. The van der Waals surface area contributed by atoms with E-state index in [2.05, 4.69) is 23.8 Å². The van der Waals surface area contributed by atoms with Gasteiger partial charge in [-0.15, -0.1) is 0 Å². The lowest BCUT2D eigenvalue weighted by Gasteiger charge is -1.98. The van der Waals surface area contributed by atoms with E-state index < -0.39 is 0 Å². The summed E-state index contributed by atoms with van der Waals surface area (Å²) in [5.74, 6) is -0.0894. The molecule has 0 saturated heterocycles. The zero-order valence-electron chi connectivity index (χ0n) is 10.1. The molecule has 2 heteroatoms. The van der Waals surface area contributed by atoms with Crippen molar-refractivity contribution in [3.63, 3.8) is 0 Å². The summed E-state index contributed by atoms with van der Waals surface area (Å²) < 4.78 is 4.57. The van der Waals surface area contributed by atoms with Crippen molar-refractivity contribution in [1.29, 1.82) is 0 Å². The molecule has 0 aliphatic carbocycles. The van der Waals surface area contributed by atoms with Gasteiger partial charge in [-0.3, -0.25) is 4.79 Å². The van der Waals surface area contributed by atoms with E-state index in [-0.39, 0.29) is 5.97 Å². The number of rotatable bonds is 9. The molecule has 0 heterocycles. The fourth-order valence-corrected chi connectivity index (χ4v) is 1.37. The minimum Gasteiger partial charge on any atom is -0.469 e. The topological polar surface area (TPSA) is 26.3 Å². The van der Waals surface area contributed by atoms with Crippen LogP contribution >= 0.6 is 0 Å². The van der Waals surface area contributed by atoms with Gasteiger partial charge >= 0.3 is 5.97 Å². The summed E-state index contributed by atoms with van der Waals surface area (Å²) in [6.07, 6.45) is 13.3. The highest BCUT2D eigenvalue weighted by Gasteiger charge is 1.97. The third kappa shape index (κ3) is 11.1. The van der Waals surface area contributed by atoms with Crippen LogP contribution in [0.2, 0.25) is 0 Å². The lowest BCUT2D eigenvalue weighted by molar-refractivity contribution is -0.140. The van der Waals surface area contributed by atoms with Gasteiger partial charge in [-0.05, 0) is 25.7 Å². The molecule has 0 bridgehead atoms. The van der Waals surface area contributed by atoms with Crippen LogP contribution in [0.25, 0.3) is 0 Å². The molecule has 0 rings (SSSR count). The Morgan fingerprint density at radius 1 is 1.07 bits per heavy atom. The number of hydrogen-bond donors (Lipinski definition) is 0. The zero-order valence-corrected chi connectivity index (χ0v) is 10.1. The molecule has 15 heavy (non-hydrogen) atoms. The van der Waals surface area contributed by atoms with E-state index in [0.29, 0.717) is 6.42 Å². The number of hydrogen-bond acceptors (Lipinski definition) is 2. The number of carbonyl (C=O) groups excluding carboxylic acids is 1. The molecule has 0 N–H and O–H groups in total. The molecule has 88 valence electrons. The van der Waals surface area contributed by atoms with Crippen LogP contribution in [0.5, 0.6) is 0 Å². The number of methoxy groups -OCH3 is 1. The fourth-order valence-electron chi connectivity index (χ4n) is 1.37. The highest BCUT2D eigenvalue weighted by molar-refractivity contribution is 5.68. The molecule has 0 aromatic carbocycles. The van der Waals surface area contributed by atoms with Crippen molar-refractivity contribution in [2.75, 3.05) is 7.11 Å². The number of unbranched alkanes of at least 4 members (excludes halogenated alkanes) is 5. The molecular formula is C13H24O2. The Bertz CT molecular complexity index is 173. The van der Waals surface area contributed by atoms with Crippen LogP contribution in [0.15, 0.2) is 12.2 Å². The van der Waals surface area contributed by atoms with Gasteiger partial charge in [0, 0.05) is 6.42 Å². The lowest BCUT2D eigenvalue weighted by atomic mass is 10.1. The van der Waals surface area contributed by atoms with E-state index in [9.17, 15) is 4.79 Å². The average Bonchev–Trinajstić information content (AvgIpc) is 2.26. The summed E-state index contributed by atoms with van der Waals surface area (Å²) in [6.45, 7) is 2.21. The number of esters is 1. The summed E-state index contributed by atoms with van der Waals surface area (Å²) in [6, 6.07) is 0. The van der Waals surface area contributed by atoms with Crippen LogP contribution in [0, 0.1) is 0 Å². The first-order valence-electron chi connectivity index (χ1n) is 6.03. The Labute approximate surface area is 93.7 Å². The van der Waals surface area contributed by atoms with Crippen LogP contribution in [0.3, 0.4) is 0 Å². The fraction of sp³-hybridized carbons (Fsp3) is 0.769. The van der Waals surface area contributed by atoms with Crippen LogP contribution in [0.1, 0.15) is 58.3 Å². The number of carbonyl (C=O) groups is 1. The molecule has 0 aromatic rings. The van der Waals surface area contributed by atoms with Gasteiger partial charge in [-0.2, -0.15) is 0 Å². The maximum atomic E-state index is 10.8. The second kappa shape index (κ2) is 11.3. The Morgan fingerprint density at radius 2 is 1.73 bits per heavy atom. The molecule has 0 aliphatic rings. The molecule has 0 fully saturated rings. The van der Waals surface area contributed by atoms with Crippen molar-refractivity contribution in [3.05, 3.63) is 12.2 Å². The van der Waals surface area contributed by atoms with Crippen molar-refractivity contribution in [2.24, 2.45) is 0 Å². The van der Waals surface area contributed by atoms with Crippen molar-refractivity contribution < 1.29 is 9.53 Å². The van der Waals surface area contributed by atoms with Crippen LogP contribution < -0.4 is 0 Å². The van der Waals surface area contributed by atoms with Crippen LogP contribution in [-0.4, -0.2) is 13.1 Å². The highest BCUT2D eigenvalue weighted by atomic mass is 16.5. The molecule has 0 aromatic heterocycles. The SMILES string of the molecule is CCCC/C=C\CCCCCC(=O)OC. The summed E-state index contributed by atoms with van der Waals surface area (Å²) in [4.78, 5) is 10.8. The molecular weight excluding hydrogens is 188 g/mol. The van der Waals surface area contributed by atoms with Crippen molar-refractivity contribution in [1.82, 2.24) is 0 Å². The van der Waals surface area contributed by atoms with Crippen molar-refractivity contribution >= 4 is 5.97 Å². The van der Waals surface area contributed by atoms with Crippen molar-refractivity contribution in [3.8, 4) is 0 Å². The van der Waals surface area contributed by atoms with Gasteiger partial charge in [0.25, 0.3) is 0 Å². The van der Waals surface area contributed by atoms with E-state index >= 15 is 0 Å². The number of allylic oxidation sites excluding steroid dienone is 2. The third-order valence-electron chi connectivity index (χ3n) is 2.37. The van der Waals surface area contributed by atoms with E-state index in [0.717, 1.165) is 19.3 Å². The maximum absolute atomic E-state index is 10.8. The normalized spacial score (nSPS) is 10.8. The summed E-state index contributed by atoms with van der Waals surface area (Å²) in [5.41, 5.74) is 0. The summed E-state index contributed by atoms with van der Waals surface area (Å²) in [7, 11) is 1.44. The van der Waals surface area contributed by atoms with Gasteiger partial charge in [0.15, 0.2) is 0 Å².